The van der Waals surface area contributed by atoms with Gasteiger partial charge in [-0.1, -0.05) is 24.3 Å². The molecule has 0 saturated heterocycles. The van der Waals surface area contributed by atoms with E-state index in [4.69, 9.17) is 4.74 Å². The Labute approximate surface area is 197 Å². The van der Waals surface area contributed by atoms with E-state index < -0.39 is 0 Å². The molecular weight excluding hydrogens is 462 g/mol. The molecule has 0 saturated carbocycles. The molecule has 0 aliphatic carbocycles. The lowest BCUT2D eigenvalue weighted by Crippen LogP contribution is -2.14. The number of thiazole rings is 1. The van der Waals surface area contributed by atoms with Gasteiger partial charge in [0.25, 0.3) is 5.91 Å². The molecule has 2 aromatic heterocycles. The van der Waals surface area contributed by atoms with Crippen molar-refractivity contribution < 1.29 is 14.3 Å². The number of carbonyl (C=O) groups excluding carboxylic acids is 2. The largest absolute Gasteiger partial charge is 0.497 e. The van der Waals surface area contributed by atoms with Crippen molar-refractivity contribution in [3.05, 3.63) is 76.3 Å². The van der Waals surface area contributed by atoms with Gasteiger partial charge in [-0.05, 0) is 41.8 Å². The Morgan fingerprint density at radius 3 is 2.72 bits per heavy atom. The number of thioether (sulfide) groups is 1. The summed E-state index contributed by atoms with van der Waals surface area (Å²) in [6, 6.07) is 18.7. The van der Waals surface area contributed by atoms with Gasteiger partial charge in [0.05, 0.1) is 23.4 Å². The van der Waals surface area contributed by atoms with E-state index in [1.807, 2.05) is 65.4 Å². The van der Waals surface area contributed by atoms with Crippen molar-refractivity contribution in [3.8, 4) is 17.0 Å². The van der Waals surface area contributed by atoms with Crippen molar-refractivity contribution >= 4 is 57.1 Å². The Kier molecular flexibility index (Phi) is 7.21. The van der Waals surface area contributed by atoms with E-state index in [9.17, 15) is 9.59 Å². The molecule has 0 fully saturated rings. The molecule has 0 radical (unpaired) electrons. The Morgan fingerprint density at radius 1 is 1.03 bits per heavy atom. The maximum Gasteiger partial charge on any atom is 0.265 e. The molecule has 162 valence electrons. The quantitative estimate of drug-likeness (QED) is 0.308. The molecule has 0 spiro atoms. The van der Waals surface area contributed by atoms with E-state index in [0.29, 0.717) is 15.7 Å². The number of carbonyl (C=O) groups is 2. The second-order valence-corrected chi connectivity index (χ2v) is 9.42. The highest BCUT2D eigenvalue weighted by molar-refractivity contribution is 8.00. The number of nitrogens with one attached hydrogen (secondary N) is 2. The standard InChI is InChI=1S/C23H19N3O3S3/c1-29-17-7-2-5-15(11-17)19-13-32-23(25-19)26-21(27)14-31-18-8-3-6-16(12-18)24-22(28)20-9-4-10-30-20/h2-13H,14H2,1H3,(H,24,28)(H,25,26,27). The van der Waals surface area contributed by atoms with Crippen molar-refractivity contribution in [2.75, 3.05) is 23.5 Å². The van der Waals surface area contributed by atoms with E-state index in [1.165, 1.54) is 34.4 Å². The summed E-state index contributed by atoms with van der Waals surface area (Å²) < 4.78 is 5.25. The van der Waals surface area contributed by atoms with E-state index in [1.54, 1.807) is 13.2 Å². The van der Waals surface area contributed by atoms with Crippen LogP contribution in [0.2, 0.25) is 0 Å². The van der Waals surface area contributed by atoms with Crippen molar-refractivity contribution in [2.24, 2.45) is 0 Å². The van der Waals surface area contributed by atoms with Crippen molar-refractivity contribution in [2.45, 2.75) is 4.90 Å². The molecular formula is C23H19N3O3S3. The van der Waals surface area contributed by atoms with Gasteiger partial charge in [-0.3, -0.25) is 9.59 Å². The summed E-state index contributed by atoms with van der Waals surface area (Å²) in [4.78, 5) is 30.6. The van der Waals surface area contributed by atoms with Gasteiger partial charge < -0.3 is 15.4 Å². The second-order valence-electron chi connectivity index (χ2n) is 6.57. The predicted molar refractivity (Wildman–Crippen MR) is 132 cm³/mol. The average Bonchev–Trinajstić information content (AvgIpc) is 3.51. The van der Waals surface area contributed by atoms with Gasteiger partial charge in [0.15, 0.2) is 5.13 Å². The maximum atomic E-state index is 12.4. The monoisotopic (exact) mass is 481 g/mol. The number of methoxy groups -OCH3 is 1. The van der Waals surface area contributed by atoms with Crippen LogP contribution < -0.4 is 15.4 Å². The van der Waals surface area contributed by atoms with Gasteiger partial charge >= 0.3 is 0 Å². The summed E-state index contributed by atoms with van der Waals surface area (Å²) in [5.74, 6) is 0.701. The van der Waals surface area contributed by atoms with Gasteiger partial charge in [-0.25, -0.2) is 4.98 Å². The fourth-order valence-electron chi connectivity index (χ4n) is 2.81. The Morgan fingerprint density at radius 2 is 1.91 bits per heavy atom. The van der Waals surface area contributed by atoms with E-state index in [-0.39, 0.29) is 17.6 Å². The third-order valence-corrected chi connectivity index (χ3v) is 6.94. The van der Waals surface area contributed by atoms with Crippen molar-refractivity contribution in [1.29, 1.82) is 0 Å². The van der Waals surface area contributed by atoms with Crippen LogP contribution in [0.5, 0.6) is 5.75 Å². The van der Waals surface area contributed by atoms with Crippen LogP contribution in [0.25, 0.3) is 11.3 Å². The number of ether oxygens (including phenoxy) is 1. The first-order valence-corrected chi connectivity index (χ1v) is 12.3. The topological polar surface area (TPSA) is 80.3 Å². The zero-order valence-corrected chi connectivity index (χ0v) is 19.5. The number of benzene rings is 2. The minimum Gasteiger partial charge on any atom is -0.497 e. The molecule has 2 aromatic carbocycles. The number of aromatic nitrogens is 1. The summed E-state index contributed by atoms with van der Waals surface area (Å²) in [7, 11) is 1.62. The molecule has 2 N–H and O–H groups in total. The molecule has 6 nitrogen and oxygen atoms in total. The molecule has 2 amide bonds. The smallest absolute Gasteiger partial charge is 0.265 e. The highest BCUT2D eigenvalue weighted by Crippen LogP contribution is 2.28. The first-order chi connectivity index (χ1) is 15.6. The van der Waals surface area contributed by atoms with Crippen LogP contribution in [-0.2, 0) is 4.79 Å². The maximum absolute atomic E-state index is 12.4. The number of rotatable bonds is 8. The van der Waals surface area contributed by atoms with Gasteiger partial charge in [0, 0.05) is 21.5 Å². The Bertz CT molecular complexity index is 1220. The molecule has 4 aromatic rings. The number of hydrogen-bond donors (Lipinski definition) is 2. The fraction of sp³-hybridized carbons (Fsp3) is 0.0870. The zero-order chi connectivity index (χ0) is 22.3. The zero-order valence-electron chi connectivity index (χ0n) is 17.0. The normalized spacial score (nSPS) is 10.5. The molecule has 9 heteroatoms. The average molecular weight is 482 g/mol. The van der Waals surface area contributed by atoms with Crippen LogP contribution in [0.4, 0.5) is 10.8 Å². The van der Waals surface area contributed by atoms with Crippen LogP contribution in [-0.4, -0.2) is 29.7 Å². The molecule has 4 rings (SSSR count). The van der Waals surface area contributed by atoms with E-state index in [0.717, 1.165) is 21.9 Å². The van der Waals surface area contributed by atoms with Crippen LogP contribution in [0, 0.1) is 0 Å². The lowest BCUT2D eigenvalue weighted by molar-refractivity contribution is -0.113. The van der Waals surface area contributed by atoms with Gasteiger partial charge in [0.2, 0.25) is 5.91 Å². The lowest BCUT2D eigenvalue weighted by Gasteiger charge is -2.07. The van der Waals surface area contributed by atoms with Crippen LogP contribution in [0.15, 0.2) is 76.3 Å². The number of thiophene rings is 1. The van der Waals surface area contributed by atoms with Gasteiger partial charge in [-0.2, -0.15) is 0 Å². The molecule has 0 unspecified atom stereocenters. The minimum absolute atomic E-state index is 0.143. The van der Waals surface area contributed by atoms with E-state index >= 15 is 0 Å². The van der Waals surface area contributed by atoms with Gasteiger partial charge in [0.1, 0.15) is 5.75 Å². The number of hydrogen-bond acceptors (Lipinski definition) is 7. The molecule has 2 heterocycles. The highest BCUT2D eigenvalue weighted by atomic mass is 32.2. The summed E-state index contributed by atoms with van der Waals surface area (Å²) in [5, 5.41) is 10.0. The third kappa shape index (κ3) is 5.76. The second kappa shape index (κ2) is 10.4. The molecule has 0 atom stereocenters. The van der Waals surface area contributed by atoms with Crippen LogP contribution in [0.1, 0.15) is 9.67 Å². The molecule has 0 bridgehead atoms. The van der Waals surface area contributed by atoms with Crippen molar-refractivity contribution in [3.63, 3.8) is 0 Å². The first kappa shape index (κ1) is 22.1. The summed E-state index contributed by atoms with van der Waals surface area (Å²) in [6.07, 6.45) is 0. The molecule has 0 aliphatic heterocycles. The van der Waals surface area contributed by atoms with Crippen LogP contribution >= 0.6 is 34.4 Å². The highest BCUT2D eigenvalue weighted by Gasteiger charge is 2.11. The van der Waals surface area contributed by atoms with E-state index in [2.05, 4.69) is 15.6 Å². The Balaban J connectivity index is 1.31. The lowest BCUT2D eigenvalue weighted by atomic mass is 10.2. The van der Waals surface area contributed by atoms with Crippen LogP contribution in [0.3, 0.4) is 0 Å². The summed E-state index contributed by atoms with van der Waals surface area (Å²) in [5.41, 5.74) is 2.40. The molecule has 32 heavy (non-hydrogen) atoms. The predicted octanol–water partition coefficient (Wildman–Crippen LogP) is 5.86. The number of nitrogens with zero attached hydrogens (tertiary/aromatic N) is 1. The summed E-state index contributed by atoms with van der Waals surface area (Å²) >= 11 is 4.16. The fourth-order valence-corrected chi connectivity index (χ4v) is 4.92. The minimum atomic E-state index is -0.144. The summed E-state index contributed by atoms with van der Waals surface area (Å²) in [6.45, 7) is 0. The SMILES string of the molecule is COc1cccc(-c2csc(NC(=O)CSc3cccc(NC(=O)c4cccs4)c3)n2)c1. The van der Waals surface area contributed by atoms with Gasteiger partial charge in [-0.15, -0.1) is 34.4 Å². The van der Waals surface area contributed by atoms with Crippen molar-refractivity contribution in [1.82, 2.24) is 4.98 Å². The number of anilines is 2. The first-order valence-electron chi connectivity index (χ1n) is 9.58. The molecule has 0 aliphatic rings. The third-order valence-electron chi connectivity index (χ3n) is 4.32. The Hall–Kier alpha value is -3.14. The number of amides is 2.